The Labute approximate surface area is 240 Å². The van der Waals surface area contributed by atoms with Gasteiger partial charge in [0.15, 0.2) is 0 Å². The lowest BCUT2D eigenvalue weighted by Crippen LogP contribution is -2.15. The molecule has 0 N–H and O–H groups in total. The van der Waals surface area contributed by atoms with Crippen LogP contribution in [0.5, 0.6) is 0 Å². The molecule has 0 saturated heterocycles. The van der Waals surface area contributed by atoms with Gasteiger partial charge in [-0.2, -0.15) is 0 Å². The summed E-state index contributed by atoms with van der Waals surface area (Å²) in [5, 5.41) is 0. The van der Waals surface area contributed by atoms with Crippen molar-refractivity contribution >= 4 is 66.0 Å². The lowest BCUT2D eigenvalue weighted by molar-refractivity contribution is 0.839. The van der Waals surface area contributed by atoms with Crippen molar-refractivity contribution in [2.24, 2.45) is 0 Å². The molecule has 0 amide bonds. The summed E-state index contributed by atoms with van der Waals surface area (Å²) in [6, 6.07) is 39.9. The number of benzene rings is 5. The molecule has 0 bridgehead atoms. The quantitative estimate of drug-likeness (QED) is 0.186. The maximum Gasteiger partial charge on any atom is 0.0464 e. The predicted octanol–water partition coefficient (Wildman–Crippen LogP) is 10.3. The first-order valence-corrected chi connectivity index (χ1v) is 14.7. The highest BCUT2D eigenvalue weighted by molar-refractivity contribution is 9.10. The molecule has 0 aromatic heterocycles. The van der Waals surface area contributed by atoms with Gasteiger partial charge in [-0.25, -0.2) is 0 Å². The smallest absolute Gasteiger partial charge is 0.0464 e. The van der Waals surface area contributed by atoms with Gasteiger partial charge in [0, 0.05) is 43.1 Å². The number of hydrogen-bond acceptors (Lipinski definition) is 2. The number of aryl methyl sites for hydroxylation is 4. The molecular weight excluding hydrogens is 596 g/mol. The van der Waals surface area contributed by atoms with Crippen LogP contribution in [-0.2, 0) is 25.7 Å². The van der Waals surface area contributed by atoms with Gasteiger partial charge >= 0.3 is 0 Å². The van der Waals surface area contributed by atoms with E-state index in [1.807, 2.05) is 0 Å². The molecule has 7 rings (SSSR count). The summed E-state index contributed by atoms with van der Waals surface area (Å²) in [6.45, 7) is 0. The molecule has 0 unspecified atom stereocenters. The zero-order valence-corrected chi connectivity index (χ0v) is 24.0. The minimum Gasteiger partial charge on any atom is -0.310 e. The van der Waals surface area contributed by atoms with Gasteiger partial charge in [-0.15, -0.1) is 0 Å². The first-order chi connectivity index (χ1) is 18.6. The summed E-state index contributed by atoms with van der Waals surface area (Å²) in [5.41, 5.74) is 12.8. The standard InChI is InChI=1S/C34H26Br2N2/c35-27-7-13-29(14-8-27)37(33-11-5-23-1-3-25(23)21-33)31-17-19-32(20-18-31)38(30-15-9-28(36)10-16-30)34-12-6-24-2-4-26(24)22-34/h5-22H,1-4H2. The fourth-order valence-corrected chi connectivity index (χ4v) is 6.00. The molecule has 5 aromatic carbocycles. The molecule has 5 aromatic rings. The lowest BCUT2D eigenvalue weighted by Gasteiger charge is -2.30. The predicted molar refractivity (Wildman–Crippen MR) is 166 cm³/mol. The Balaban J connectivity index is 1.30. The zero-order chi connectivity index (χ0) is 25.6. The minimum absolute atomic E-state index is 1.08. The van der Waals surface area contributed by atoms with Gasteiger partial charge in [0.25, 0.3) is 0 Å². The molecule has 4 heteroatoms. The van der Waals surface area contributed by atoms with Crippen molar-refractivity contribution in [3.63, 3.8) is 0 Å². The van der Waals surface area contributed by atoms with Crippen molar-refractivity contribution in [2.75, 3.05) is 9.80 Å². The van der Waals surface area contributed by atoms with E-state index in [9.17, 15) is 0 Å². The molecule has 2 nitrogen and oxygen atoms in total. The Morgan fingerprint density at radius 2 is 0.632 bits per heavy atom. The van der Waals surface area contributed by atoms with Crippen LogP contribution in [-0.4, -0.2) is 0 Å². The molecule has 0 spiro atoms. The van der Waals surface area contributed by atoms with Crippen molar-refractivity contribution < 1.29 is 0 Å². The van der Waals surface area contributed by atoms with Crippen molar-refractivity contribution in [3.05, 3.63) is 140 Å². The van der Waals surface area contributed by atoms with Crippen molar-refractivity contribution in [1.29, 1.82) is 0 Å². The maximum absolute atomic E-state index is 3.60. The van der Waals surface area contributed by atoms with Crippen LogP contribution in [0.2, 0.25) is 0 Å². The second-order valence-electron chi connectivity index (χ2n) is 10.0. The molecular formula is C34H26Br2N2. The van der Waals surface area contributed by atoms with Crippen LogP contribution in [0.3, 0.4) is 0 Å². The third-order valence-electron chi connectivity index (χ3n) is 7.76. The second-order valence-corrected chi connectivity index (χ2v) is 11.9. The average molecular weight is 622 g/mol. The Bertz CT molecular complexity index is 1500. The van der Waals surface area contributed by atoms with Crippen LogP contribution in [0.15, 0.2) is 118 Å². The Morgan fingerprint density at radius 1 is 0.342 bits per heavy atom. The zero-order valence-electron chi connectivity index (χ0n) is 20.9. The van der Waals surface area contributed by atoms with E-state index in [-0.39, 0.29) is 0 Å². The molecule has 38 heavy (non-hydrogen) atoms. The first-order valence-electron chi connectivity index (χ1n) is 13.1. The highest BCUT2D eigenvalue weighted by Crippen LogP contribution is 2.41. The summed E-state index contributed by atoms with van der Waals surface area (Å²) in [7, 11) is 0. The van der Waals surface area contributed by atoms with E-state index in [1.165, 1.54) is 59.3 Å². The molecule has 0 heterocycles. The fraction of sp³-hybridized carbons (Fsp3) is 0.118. The normalized spacial score (nSPS) is 13.1. The van der Waals surface area contributed by atoms with Crippen LogP contribution in [0.4, 0.5) is 34.1 Å². The molecule has 0 aliphatic heterocycles. The van der Waals surface area contributed by atoms with Crippen LogP contribution >= 0.6 is 31.9 Å². The number of rotatable bonds is 6. The summed E-state index contributed by atoms with van der Waals surface area (Å²) in [6.07, 6.45) is 4.72. The van der Waals surface area contributed by atoms with Gasteiger partial charge in [-0.05, 0) is 145 Å². The van der Waals surface area contributed by atoms with Crippen molar-refractivity contribution in [2.45, 2.75) is 25.7 Å². The monoisotopic (exact) mass is 620 g/mol. The number of anilines is 6. The second kappa shape index (κ2) is 9.76. The van der Waals surface area contributed by atoms with E-state index in [0.717, 1.165) is 31.7 Å². The van der Waals surface area contributed by atoms with Crippen LogP contribution in [0, 0.1) is 0 Å². The minimum atomic E-state index is 1.08. The summed E-state index contributed by atoms with van der Waals surface area (Å²) >= 11 is 7.20. The largest absolute Gasteiger partial charge is 0.310 e. The van der Waals surface area contributed by atoms with E-state index >= 15 is 0 Å². The molecule has 0 fully saturated rings. The number of halogens is 2. The number of nitrogens with zero attached hydrogens (tertiary/aromatic N) is 2. The van der Waals surface area contributed by atoms with E-state index < -0.39 is 0 Å². The van der Waals surface area contributed by atoms with E-state index in [0.29, 0.717) is 0 Å². The molecule has 0 radical (unpaired) electrons. The Kier molecular flexibility index (Phi) is 6.10. The molecule has 186 valence electrons. The number of fused-ring (bicyclic) bond motifs is 2. The third kappa shape index (κ3) is 4.36. The van der Waals surface area contributed by atoms with Crippen LogP contribution in [0.1, 0.15) is 22.3 Å². The SMILES string of the molecule is Brc1ccc(N(c2ccc(N(c3ccc(Br)cc3)c3ccc4c(c3)CC4)cc2)c2ccc3c(c2)CC3)cc1. The van der Waals surface area contributed by atoms with Gasteiger partial charge < -0.3 is 9.80 Å². The average Bonchev–Trinajstić information content (AvgIpc) is 2.90. The van der Waals surface area contributed by atoms with Gasteiger partial charge in [-0.1, -0.05) is 44.0 Å². The fourth-order valence-electron chi connectivity index (χ4n) is 5.47. The molecule has 0 atom stereocenters. The number of hydrogen-bond donors (Lipinski definition) is 0. The highest BCUT2D eigenvalue weighted by Gasteiger charge is 2.20. The first kappa shape index (κ1) is 23.8. The Hall–Kier alpha value is -3.34. The van der Waals surface area contributed by atoms with E-state index in [4.69, 9.17) is 0 Å². The summed E-state index contributed by atoms with van der Waals surface area (Å²) in [5.74, 6) is 0. The van der Waals surface area contributed by atoms with E-state index in [1.54, 1.807) is 0 Å². The van der Waals surface area contributed by atoms with Crippen LogP contribution < -0.4 is 9.80 Å². The summed E-state index contributed by atoms with van der Waals surface area (Å²) < 4.78 is 2.16. The van der Waals surface area contributed by atoms with Gasteiger partial charge in [0.2, 0.25) is 0 Å². The molecule has 0 saturated carbocycles. The van der Waals surface area contributed by atoms with Crippen molar-refractivity contribution in [3.8, 4) is 0 Å². The topological polar surface area (TPSA) is 6.48 Å². The van der Waals surface area contributed by atoms with Gasteiger partial charge in [0.05, 0.1) is 0 Å². The molecule has 2 aliphatic carbocycles. The molecule has 2 aliphatic rings. The maximum atomic E-state index is 3.60. The highest BCUT2D eigenvalue weighted by atomic mass is 79.9. The van der Waals surface area contributed by atoms with Crippen LogP contribution in [0.25, 0.3) is 0 Å². The van der Waals surface area contributed by atoms with Gasteiger partial charge in [0.1, 0.15) is 0 Å². The van der Waals surface area contributed by atoms with Crippen molar-refractivity contribution in [1.82, 2.24) is 0 Å². The van der Waals surface area contributed by atoms with E-state index in [2.05, 4.69) is 151 Å². The summed E-state index contributed by atoms with van der Waals surface area (Å²) in [4.78, 5) is 4.70. The van der Waals surface area contributed by atoms with Gasteiger partial charge in [-0.3, -0.25) is 0 Å². The Morgan fingerprint density at radius 3 is 0.921 bits per heavy atom. The lowest BCUT2D eigenvalue weighted by atomic mass is 9.88. The third-order valence-corrected chi connectivity index (χ3v) is 8.82.